The molecule has 1 N–H and O–H groups in total. The Hall–Kier alpha value is -1.46. The number of nitrogens with one attached hydrogen (secondary N) is 1. The molecule has 0 bridgehead atoms. The fourth-order valence-electron chi connectivity index (χ4n) is 2.20. The summed E-state index contributed by atoms with van der Waals surface area (Å²) in [6.07, 6.45) is 6.21. The number of amides is 1. The molecule has 1 aliphatic carbocycles. The van der Waals surface area contributed by atoms with Crippen LogP contribution in [0.1, 0.15) is 31.4 Å². The van der Waals surface area contributed by atoms with Crippen molar-refractivity contribution in [3.8, 4) is 0 Å². The molecular weight excluding hydrogens is 318 g/mol. The number of hydrogen-bond donors (Lipinski definition) is 1. The van der Waals surface area contributed by atoms with E-state index in [1.165, 1.54) is 24.6 Å². The van der Waals surface area contributed by atoms with Crippen LogP contribution in [0.2, 0.25) is 5.02 Å². The molecule has 1 heterocycles. The van der Waals surface area contributed by atoms with E-state index in [4.69, 9.17) is 11.6 Å². The highest BCUT2D eigenvalue weighted by molar-refractivity contribution is 8.00. The van der Waals surface area contributed by atoms with Gasteiger partial charge in [0.15, 0.2) is 5.16 Å². The quantitative estimate of drug-likeness (QED) is 0.819. The standard InChI is InChI=1S/C16H18ClN3OS/c1-11(22-16-18-8-9-20(16)13-6-7-13)15(21)19-10-12-4-2-3-5-14(12)17/h2-5,8-9,11,13H,6-7,10H2,1H3,(H,19,21)/t11-/m1/s1. The van der Waals surface area contributed by atoms with Crippen LogP contribution in [0.4, 0.5) is 0 Å². The molecule has 0 saturated heterocycles. The van der Waals surface area contributed by atoms with Crippen LogP contribution in [-0.4, -0.2) is 20.7 Å². The summed E-state index contributed by atoms with van der Waals surface area (Å²) in [4.78, 5) is 16.6. The van der Waals surface area contributed by atoms with Crippen molar-refractivity contribution in [2.24, 2.45) is 0 Å². The molecule has 1 aliphatic rings. The lowest BCUT2D eigenvalue weighted by molar-refractivity contribution is -0.120. The van der Waals surface area contributed by atoms with Crippen LogP contribution in [-0.2, 0) is 11.3 Å². The Labute approximate surface area is 139 Å². The van der Waals surface area contributed by atoms with Crippen molar-refractivity contribution in [2.45, 2.75) is 42.8 Å². The Morgan fingerprint density at radius 3 is 3.00 bits per heavy atom. The molecule has 2 aromatic rings. The first-order valence-electron chi connectivity index (χ1n) is 7.36. The number of carbonyl (C=O) groups is 1. The second-order valence-corrected chi connectivity index (χ2v) is 7.13. The minimum absolute atomic E-state index is 0.00438. The summed E-state index contributed by atoms with van der Waals surface area (Å²) < 4.78 is 2.17. The average Bonchev–Trinajstić information content (AvgIpc) is 3.26. The van der Waals surface area contributed by atoms with Gasteiger partial charge in [0.2, 0.25) is 5.91 Å². The lowest BCUT2D eigenvalue weighted by Crippen LogP contribution is -2.30. The summed E-state index contributed by atoms with van der Waals surface area (Å²) in [5.74, 6) is -0.00438. The molecule has 22 heavy (non-hydrogen) atoms. The van der Waals surface area contributed by atoms with Crippen molar-refractivity contribution in [1.82, 2.24) is 14.9 Å². The lowest BCUT2D eigenvalue weighted by Gasteiger charge is -2.13. The third-order valence-electron chi connectivity index (χ3n) is 3.64. The fourth-order valence-corrected chi connectivity index (χ4v) is 3.36. The van der Waals surface area contributed by atoms with Gasteiger partial charge < -0.3 is 9.88 Å². The first kappa shape index (κ1) is 15.4. The molecule has 4 nitrogen and oxygen atoms in total. The normalized spacial score (nSPS) is 15.5. The average molecular weight is 336 g/mol. The first-order valence-corrected chi connectivity index (χ1v) is 8.61. The van der Waals surface area contributed by atoms with E-state index >= 15 is 0 Å². The number of carbonyl (C=O) groups excluding carboxylic acids is 1. The predicted octanol–water partition coefficient (Wildman–Crippen LogP) is 3.67. The molecule has 1 fully saturated rings. The van der Waals surface area contributed by atoms with E-state index in [-0.39, 0.29) is 11.2 Å². The maximum Gasteiger partial charge on any atom is 0.233 e. The third-order valence-corrected chi connectivity index (χ3v) is 5.10. The van der Waals surface area contributed by atoms with E-state index in [1.54, 1.807) is 6.20 Å². The van der Waals surface area contributed by atoms with E-state index in [9.17, 15) is 4.79 Å². The molecule has 1 aromatic carbocycles. The minimum atomic E-state index is -0.192. The van der Waals surface area contributed by atoms with E-state index in [2.05, 4.69) is 14.9 Å². The Morgan fingerprint density at radius 2 is 2.27 bits per heavy atom. The van der Waals surface area contributed by atoms with Crippen molar-refractivity contribution in [3.63, 3.8) is 0 Å². The van der Waals surface area contributed by atoms with Gasteiger partial charge in [-0.25, -0.2) is 4.98 Å². The summed E-state index contributed by atoms with van der Waals surface area (Å²) >= 11 is 7.59. The highest BCUT2D eigenvalue weighted by Gasteiger charge is 2.27. The molecule has 0 unspecified atom stereocenters. The topological polar surface area (TPSA) is 46.9 Å². The summed E-state index contributed by atoms with van der Waals surface area (Å²) in [5, 5.41) is 4.34. The van der Waals surface area contributed by atoms with E-state index in [0.717, 1.165) is 10.7 Å². The van der Waals surface area contributed by atoms with Gasteiger partial charge in [-0.2, -0.15) is 0 Å². The van der Waals surface area contributed by atoms with Crippen LogP contribution in [0.3, 0.4) is 0 Å². The molecular formula is C16H18ClN3OS. The van der Waals surface area contributed by atoms with Crippen LogP contribution in [0, 0.1) is 0 Å². The number of thioether (sulfide) groups is 1. The van der Waals surface area contributed by atoms with Crippen LogP contribution in [0.5, 0.6) is 0 Å². The Kier molecular flexibility index (Phi) is 4.74. The van der Waals surface area contributed by atoms with Gasteiger partial charge in [-0.05, 0) is 31.4 Å². The molecule has 1 amide bonds. The molecule has 6 heteroatoms. The largest absolute Gasteiger partial charge is 0.351 e. The summed E-state index contributed by atoms with van der Waals surface area (Å²) in [6, 6.07) is 8.11. The highest BCUT2D eigenvalue weighted by atomic mass is 35.5. The van der Waals surface area contributed by atoms with Crippen LogP contribution >= 0.6 is 23.4 Å². The number of hydrogen-bond acceptors (Lipinski definition) is 3. The second kappa shape index (κ2) is 6.75. The summed E-state index contributed by atoms with van der Waals surface area (Å²) in [7, 11) is 0. The molecule has 116 valence electrons. The number of nitrogens with zero attached hydrogens (tertiary/aromatic N) is 2. The van der Waals surface area contributed by atoms with Crippen LogP contribution in [0.25, 0.3) is 0 Å². The smallest absolute Gasteiger partial charge is 0.233 e. The van der Waals surface area contributed by atoms with Gasteiger partial charge in [0.25, 0.3) is 0 Å². The van der Waals surface area contributed by atoms with Crippen molar-refractivity contribution in [2.75, 3.05) is 0 Å². The highest BCUT2D eigenvalue weighted by Crippen LogP contribution is 2.38. The maximum atomic E-state index is 12.2. The zero-order valence-electron chi connectivity index (χ0n) is 12.3. The monoisotopic (exact) mass is 335 g/mol. The molecule has 3 rings (SSSR count). The van der Waals surface area contributed by atoms with Crippen molar-refractivity contribution < 1.29 is 4.79 Å². The summed E-state index contributed by atoms with van der Waals surface area (Å²) in [5.41, 5.74) is 0.925. The van der Waals surface area contributed by atoms with E-state index in [0.29, 0.717) is 17.6 Å². The van der Waals surface area contributed by atoms with Crippen molar-refractivity contribution >= 4 is 29.3 Å². The molecule has 1 aromatic heterocycles. The van der Waals surface area contributed by atoms with E-state index < -0.39 is 0 Å². The van der Waals surface area contributed by atoms with E-state index in [1.807, 2.05) is 37.4 Å². The van der Waals surface area contributed by atoms with Crippen molar-refractivity contribution in [3.05, 3.63) is 47.2 Å². The molecule has 0 spiro atoms. The SMILES string of the molecule is C[C@@H](Sc1nccn1C1CC1)C(=O)NCc1ccccc1Cl. The van der Waals surface area contributed by atoms with Crippen LogP contribution in [0.15, 0.2) is 41.8 Å². The Bertz CT molecular complexity index is 669. The molecule has 1 atom stereocenters. The maximum absolute atomic E-state index is 12.2. The molecule has 0 radical (unpaired) electrons. The van der Waals surface area contributed by atoms with Gasteiger partial charge in [0, 0.05) is 30.0 Å². The molecule has 1 saturated carbocycles. The summed E-state index contributed by atoms with van der Waals surface area (Å²) in [6.45, 7) is 2.35. The van der Waals surface area contributed by atoms with Gasteiger partial charge in [0.05, 0.1) is 5.25 Å². The number of rotatable bonds is 6. The number of aromatic nitrogens is 2. The number of benzene rings is 1. The van der Waals surface area contributed by atoms with Gasteiger partial charge in [0.1, 0.15) is 0 Å². The lowest BCUT2D eigenvalue weighted by atomic mass is 10.2. The first-order chi connectivity index (χ1) is 10.6. The zero-order valence-corrected chi connectivity index (χ0v) is 13.9. The van der Waals surface area contributed by atoms with Gasteiger partial charge >= 0.3 is 0 Å². The third kappa shape index (κ3) is 3.65. The zero-order chi connectivity index (χ0) is 15.5. The van der Waals surface area contributed by atoms with Gasteiger partial charge in [-0.15, -0.1) is 0 Å². The minimum Gasteiger partial charge on any atom is -0.351 e. The number of imidazole rings is 1. The molecule has 0 aliphatic heterocycles. The van der Waals surface area contributed by atoms with Gasteiger partial charge in [-0.1, -0.05) is 41.6 Å². The van der Waals surface area contributed by atoms with Crippen LogP contribution < -0.4 is 5.32 Å². The Balaban J connectivity index is 1.55. The van der Waals surface area contributed by atoms with Crippen molar-refractivity contribution in [1.29, 1.82) is 0 Å². The van der Waals surface area contributed by atoms with Gasteiger partial charge in [-0.3, -0.25) is 4.79 Å². The number of halogens is 1. The Morgan fingerprint density at radius 1 is 1.50 bits per heavy atom. The predicted molar refractivity (Wildman–Crippen MR) is 89.1 cm³/mol. The second-order valence-electron chi connectivity index (χ2n) is 5.42. The fraction of sp³-hybridized carbons (Fsp3) is 0.375.